The molecule has 0 bridgehead atoms. The Morgan fingerprint density at radius 1 is 1.29 bits per heavy atom. The molecule has 3 heteroatoms. The van der Waals surface area contributed by atoms with Crippen LogP contribution in [0.3, 0.4) is 0 Å². The minimum Gasteiger partial charge on any atom is -0.465 e. The van der Waals surface area contributed by atoms with Gasteiger partial charge >= 0.3 is 5.97 Å². The Bertz CT molecular complexity index is 312. The minimum atomic E-state index is -0.295. The second-order valence-electron chi connectivity index (χ2n) is 3.04. The minimum absolute atomic E-state index is 0.295. The van der Waals surface area contributed by atoms with Crippen LogP contribution in [0.5, 0.6) is 0 Å². The molecule has 0 saturated heterocycles. The summed E-state index contributed by atoms with van der Waals surface area (Å²) in [6.07, 6.45) is 1.66. The molecular weight excluding hydrogens is 178 g/mol. The molecule has 0 aliphatic heterocycles. The molecule has 0 aliphatic carbocycles. The molecule has 0 N–H and O–H groups in total. The average molecular weight is 193 g/mol. The van der Waals surface area contributed by atoms with Crippen LogP contribution >= 0.6 is 0 Å². The maximum atomic E-state index is 11.3. The van der Waals surface area contributed by atoms with Crippen LogP contribution in [-0.2, 0) is 17.6 Å². The highest BCUT2D eigenvalue weighted by atomic mass is 16.5. The molecule has 0 saturated carbocycles. The third-order valence-electron chi connectivity index (χ3n) is 2.08. The summed E-state index contributed by atoms with van der Waals surface area (Å²) < 4.78 is 4.67. The summed E-state index contributed by atoms with van der Waals surface area (Å²) in [4.78, 5) is 15.7. The zero-order valence-electron chi connectivity index (χ0n) is 8.83. The molecule has 3 nitrogen and oxygen atoms in total. The Hall–Kier alpha value is -1.38. The van der Waals surface area contributed by atoms with Crippen molar-refractivity contribution in [3.63, 3.8) is 0 Å². The monoisotopic (exact) mass is 193 g/mol. The smallest absolute Gasteiger partial charge is 0.337 e. The van der Waals surface area contributed by atoms with Crippen LogP contribution in [0, 0.1) is 0 Å². The van der Waals surface area contributed by atoms with E-state index in [0.717, 1.165) is 24.2 Å². The number of hydrogen-bond acceptors (Lipinski definition) is 3. The topological polar surface area (TPSA) is 39.2 Å². The van der Waals surface area contributed by atoms with Crippen LogP contribution in [0.25, 0.3) is 0 Å². The summed E-state index contributed by atoms with van der Waals surface area (Å²) >= 11 is 0. The number of carbonyl (C=O) groups excluding carboxylic acids is 1. The fourth-order valence-electron chi connectivity index (χ4n) is 1.25. The van der Waals surface area contributed by atoms with Crippen LogP contribution in [-0.4, -0.2) is 18.1 Å². The second-order valence-corrected chi connectivity index (χ2v) is 3.04. The van der Waals surface area contributed by atoms with E-state index in [1.807, 2.05) is 13.8 Å². The molecule has 1 rings (SSSR count). The number of hydrogen-bond donors (Lipinski definition) is 0. The van der Waals surface area contributed by atoms with Crippen LogP contribution in [0.4, 0.5) is 0 Å². The Morgan fingerprint density at radius 3 is 2.14 bits per heavy atom. The maximum Gasteiger partial charge on any atom is 0.337 e. The molecule has 0 unspecified atom stereocenters. The van der Waals surface area contributed by atoms with Crippen molar-refractivity contribution >= 4 is 5.97 Å². The van der Waals surface area contributed by atoms with Gasteiger partial charge in [0.2, 0.25) is 0 Å². The first-order chi connectivity index (χ1) is 6.71. The third-order valence-corrected chi connectivity index (χ3v) is 2.08. The normalized spacial score (nSPS) is 9.93. The number of ether oxygens (including phenoxy) is 1. The molecule has 1 aromatic heterocycles. The van der Waals surface area contributed by atoms with E-state index in [-0.39, 0.29) is 5.97 Å². The first kappa shape index (κ1) is 10.7. The van der Waals surface area contributed by atoms with Crippen LogP contribution in [0.15, 0.2) is 12.1 Å². The molecule has 76 valence electrons. The van der Waals surface area contributed by atoms with Crippen molar-refractivity contribution in [1.29, 1.82) is 0 Å². The van der Waals surface area contributed by atoms with Gasteiger partial charge in [-0.2, -0.15) is 0 Å². The van der Waals surface area contributed by atoms with Gasteiger partial charge in [0.1, 0.15) is 0 Å². The summed E-state index contributed by atoms with van der Waals surface area (Å²) in [5, 5.41) is 0. The maximum absolute atomic E-state index is 11.3. The lowest BCUT2D eigenvalue weighted by atomic mass is 10.1. The van der Waals surface area contributed by atoms with Crippen molar-refractivity contribution in [3.05, 3.63) is 29.1 Å². The third kappa shape index (κ3) is 2.31. The van der Waals surface area contributed by atoms with Gasteiger partial charge in [0.05, 0.1) is 12.7 Å². The van der Waals surface area contributed by atoms with Crippen molar-refractivity contribution in [1.82, 2.24) is 4.98 Å². The first-order valence-electron chi connectivity index (χ1n) is 4.79. The predicted molar refractivity (Wildman–Crippen MR) is 54.3 cm³/mol. The van der Waals surface area contributed by atoms with E-state index < -0.39 is 0 Å². The first-order valence-corrected chi connectivity index (χ1v) is 4.79. The number of methoxy groups -OCH3 is 1. The number of nitrogens with zero attached hydrogens (tertiary/aromatic N) is 1. The number of aromatic nitrogens is 1. The summed E-state index contributed by atoms with van der Waals surface area (Å²) in [5.41, 5.74) is 2.46. The number of rotatable bonds is 3. The Kier molecular flexibility index (Phi) is 3.63. The van der Waals surface area contributed by atoms with Crippen molar-refractivity contribution in [3.8, 4) is 0 Å². The summed E-state index contributed by atoms with van der Waals surface area (Å²) in [6, 6.07) is 3.57. The van der Waals surface area contributed by atoms with Gasteiger partial charge in [0.15, 0.2) is 0 Å². The largest absolute Gasteiger partial charge is 0.465 e. The number of esters is 1. The Labute approximate surface area is 84.1 Å². The molecule has 0 aliphatic rings. The van der Waals surface area contributed by atoms with Gasteiger partial charge in [0, 0.05) is 11.4 Å². The highest BCUT2D eigenvalue weighted by molar-refractivity contribution is 5.89. The van der Waals surface area contributed by atoms with E-state index >= 15 is 0 Å². The predicted octanol–water partition coefficient (Wildman–Crippen LogP) is 1.99. The average Bonchev–Trinajstić information content (AvgIpc) is 2.27. The van der Waals surface area contributed by atoms with Crippen molar-refractivity contribution < 1.29 is 9.53 Å². The van der Waals surface area contributed by atoms with Gasteiger partial charge in [-0.05, 0) is 25.0 Å². The van der Waals surface area contributed by atoms with Gasteiger partial charge in [-0.25, -0.2) is 4.79 Å². The van der Waals surface area contributed by atoms with Crippen molar-refractivity contribution in [2.24, 2.45) is 0 Å². The fraction of sp³-hybridized carbons (Fsp3) is 0.455. The highest BCUT2D eigenvalue weighted by Gasteiger charge is 2.08. The fourth-order valence-corrected chi connectivity index (χ4v) is 1.25. The lowest BCUT2D eigenvalue weighted by molar-refractivity contribution is 0.0600. The quantitative estimate of drug-likeness (QED) is 0.689. The highest BCUT2D eigenvalue weighted by Crippen LogP contribution is 2.08. The molecule has 0 radical (unpaired) electrons. The van der Waals surface area contributed by atoms with E-state index in [1.165, 1.54) is 7.11 Å². The zero-order valence-corrected chi connectivity index (χ0v) is 8.83. The van der Waals surface area contributed by atoms with Gasteiger partial charge < -0.3 is 4.74 Å². The number of pyridine rings is 1. The van der Waals surface area contributed by atoms with Crippen molar-refractivity contribution in [2.45, 2.75) is 26.7 Å². The van der Waals surface area contributed by atoms with E-state index in [4.69, 9.17) is 0 Å². The second kappa shape index (κ2) is 4.74. The van der Waals surface area contributed by atoms with Crippen LogP contribution in [0.2, 0.25) is 0 Å². The van der Waals surface area contributed by atoms with Crippen LogP contribution < -0.4 is 0 Å². The number of carbonyl (C=O) groups is 1. The SMILES string of the molecule is CCc1cc(C(=O)OC)cc(CC)n1. The Morgan fingerprint density at radius 2 is 1.79 bits per heavy atom. The molecular formula is C11H15NO2. The standard InChI is InChI=1S/C11H15NO2/c1-4-9-6-8(11(13)14-3)7-10(5-2)12-9/h6-7H,4-5H2,1-3H3. The lowest BCUT2D eigenvalue weighted by Crippen LogP contribution is -2.05. The molecule has 0 spiro atoms. The summed E-state index contributed by atoms with van der Waals surface area (Å²) in [7, 11) is 1.39. The molecule has 14 heavy (non-hydrogen) atoms. The molecule has 0 amide bonds. The zero-order chi connectivity index (χ0) is 10.6. The van der Waals surface area contributed by atoms with E-state index in [2.05, 4.69) is 9.72 Å². The summed E-state index contributed by atoms with van der Waals surface area (Å²) in [5.74, 6) is -0.295. The lowest BCUT2D eigenvalue weighted by Gasteiger charge is -2.04. The van der Waals surface area contributed by atoms with Gasteiger partial charge in [-0.15, -0.1) is 0 Å². The number of aryl methyl sites for hydroxylation is 2. The van der Waals surface area contributed by atoms with Gasteiger partial charge in [0.25, 0.3) is 0 Å². The van der Waals surface area contributed by atoms with Gasteiger partial charge in [-0.3, -0.25) is 4.98 Å². The van der Waals surface area contributed by atoms with E-state index in [1.54, 1.807) is 12.1 Å². The Balaban J connectivity index is 3.10. The van der Waals surface area contributed by atoms with Gasteiger partial charge in [-0.1, -0.05) is 13.8 Å². The summed E-state index contributed by atoms with van der Waals surface area (Å²) in [6.45, 7) is 4.03. The molecule has 1 aromatic rings. The molecule has 0 atom stereocenters. The van der Waals surface area contributed by atoms with E-state index in [9.17, 15) is 4.79 Å². The van der Waals surface area contributed by atoms with E-state index in [0.29, 0.717) is 5.56 Å². The molecule has 1 heterocycles. The molecule has 0 aromatic carbocycles. The molecule has 0 fully saturated rings. The van der Waals surface area contributed by atoms with Crippen molar-refractivity contribution in [2.75, 3.05) is 7.11 Å². The van der Waals surface area contributed by atoms with Crippen LogP contribution in [0.1, 0.15) is 35.6 Å².